The molecule has 1 unspecified atom stereocenters. The molecule has 1 aromatic carbocycles. The Morgan fingerprint density at radius 2 is 2.38 bits per heavy atom. The van der Waals surface area contributed by atoms with Crippen molar-refractivity contribution in [1.82, 2.24) is 5.32 Å². The minimum absolute atomic E-state index is 0.674. The topological polar surface area (TPSA) is 12.0 Å². The number of rotatable bonds is 3. The number of nitrogens with one attached hydrogen (secondary N) is 1. The minimum Gasteiger partial charge on any atom is -0.309 e. The van der Waals surface area contributed by atoms with Gasteiger partial charge in [0.25, 0.3) is 0 Å². The molecule has 0 radical (unpaired) electrons. The van der Waals surface area contributed by atoms with E-state index in [-0.39, 0.29) is 0 Å². The Hall–Kier alpha value is 0.300. The highest BCUT2D eigenvalue weighted by atomic mass is 79.9. The van der Waals surface area contributed by atoms with Gasteiger partial charge in [-0.2, -0.15) is 11.8 Å². The van der Waals surface area contributed by atoms with Crippen LogP contribution in [0.15, 0.2) is 22.7 Å². The Morgan fingerprint density at radius 3 is 3.06 bits per heavy atom. The maximum atomic E-state index is 5.96. The second-order valence-corrected chi connectivity index (χ2v) is 6.45. The molecule has 1 atom stereocenters. The summed E-state index contributed by atoms with van der Waals surface area (Å²) in [6.45, 7) is 0.932. The first-order valence-corrected chi connectivity index (χ1v) is 7.83. The van der Waals surface area contributed by atoms with Crippen LogP contribution < -0.4 is 5.32 Å². The van der Waals surface area contributed by atoms with Gasteiger partial charge in [-0.25, -0.2) is 0 Å². The van der Waals surface area contributed by atoms with Gasteiger partial charge in [0.2, 0.25) is 0 Å². The van der Waals surface area contributed by atoms with Crippen LogP contribution in [-0.4, -0.2) is 17.5 Å². The summed E-state index contributed by atoms with van der Waals surface area (Å²) in [7, 11) is 0. The summed E-state index contributed by atoms with van der Waals surface area (Å²) in [5.41, 5.74) is 1.28. The minimum atomic E-state index is 0.674. The third-order valence-electron chi connectivity index (χ3n) is 2.74. The fourth-order valence-electron chi connectivity index (χ4n) is 1.81. The van der Waals surface area contributed by atoms with Crippen LogP contribution in [0, 0.1) is 0 Å². The first-order valence-electron chi connectivity index (χ1n) is 5.51. The van der Waals surface area contributed by atoms with Crippen molar-refractivity contribution in [3.05, 3.63) is 33.3 Å². The van der Waals surface area contributed by atoms with Crippen molar-refractivity contribution in [2.24, 2.45) is 0 Å². The molecule has 0 aliphatic carbocycles. The van der Waals surface area contributed by atoms with Gasteiger partial charge in [0.15, 0.2) is 0 Å². The normalized spacial score (nSPS) is 21.0. The molecule has 1 fully saturated rings. The standard InChI is InChI=1S/C12H15BrClNS/c13-11-6-9(3-4-12(11)14)7-15-10-2-1-5-16-8-10/h3-4,6,10,15H,1-2,5,7-8H2. The monoisotopic (exact) mass is 319 g/mol. The molecule has 0 aromatic heterocycles. The predicted octanol–water partition coefficient (Wildman–Crippen LogP) is 4.09. The number of thioether (sulfide) groups is 1. The van der Waals surface area contributed by atoms with Crippen LogP contribution in [0.4, 0.5) is 0 Å². The molecule has 1 aromatic rings. The summed E-state index contributed by atoms with van der Waals surface area (Å²) in [4.78, 5) is 0. The van der Waals surface area contributed by atoms with Crippen LogP contribution in [0.1, 0.15) is 18.4 Å². The molecular weight excluding hydrogens is 306 g/mol. The van der Waals surface area contributed by atoms with Gasteiger partial charge in [0.05, 0.1) is 5.02 Å². The lowest BCUT2D eigenvalue weighted by Crippen LogP contribution is -2.33. The summed E-state index contributed by atoms with van der Waals surface area (Å²) in [6, 6.07) is 6.79. The first-order chi connectivity index (χ1) is 7.75. The molecule has 16 heavy (non-hydrogen) atoms. The fraction of sp³-hybridized carbons (Fsp3) is 0.500. The largest absolute Gasteiger partial charge is 0.309 e. The van der Waals surface area contributed by atoms with Crippen LogP contribution in [0.3, 0.4) is 0 Å². The summed E-state index contributed by atoms with van der Waals surface area (Å²) >= 11 is 11.5. The highest BCUT2D eigenvalue weighted by molar-refractivity contribution is 9.10. The predicted molar refractivity (Wildman–Crippen MR) is 76.3 cm³/mol. The van der Waals surface area contributed by atoms with Crippen LogP contribution >= 0.6 is 39.3 Å². The first kappa shape index (κ1) is 12.7. The molecule has 4 heteroatoms. The van der Waals surface area contributed by atoms with Crippen LogP contribution in [0.2, 0.25) is 5.02 Å². The van der Waals surface area contributed by atoms with E-state index in [2.05, 4.69) is 45.1 Å². The molecule has 0 bridgehead atoms. The Balaban J connectivity index is 1.86. The lowest BCUT2D eigenvalue weighted by Gasteiger charge is -2.22. The van der Waals surface area contributed by atoms with E-state index in [1.807, 2.05) is 6.07 Å². The van der Waals surface area contributed by atoms with Gasteiger partial charge >= 0.3 is 0 Å². The van der Waals surface area contributed by atoms with Crippen molar-refractivity contribution in [1.29, 1.82) is 0 Å². The molecular formula is C12H15BrClNS. The van der Waals surface area contributed by atoms with Gasteiger partial charge in [-0.1, -0.05) is 17.7 Å². The molecule has 0 saturated carbocycles. The smallest absolute Gasteiger partial charge is 0.0548 e. The molecule has 1 aliphatic rings. The van der Waals surface area contributed by atoms with E-state index in [4.69, 9.17) is 11.6 Å². The van der Waals surface area contributed by atoms with E-state index in [0.29, 0.717) is 6.04 Å². The van der Waals surface area contributed by atoms with Crippen LogP contribution in [-0.2, 0) is 6.54 Å². The van der Waals surface area contributed by atoms with Crippen molar-refractivity contribution < 1.29 is 0 Å². The van der Waals surface area contributed by atoms with Gasteiger partial charge in [-0.05, 0) is 52.2 Å². The number of benzene rings is 1. The zero-order valence-corrected chi connectivity index (χ0v) is 12.2. The van der Waals surface area contributed by atoms with E-state index >= 15 is 0 Å². The molecule has 88 valence electrons. The van der Waals surface area contributed by atoms with Gasteiger partial charge in [0.1, 0.15) is 0 Å². The Morgan fingerprint density at radius 1 is 1.50 bits per heavy atom. The molecule has 1 aliphatic heterocycles. The third kappa shape index (κ3) is 3.66. The lowest BCUT2D eigenvalue weighted by molar-refractivity contribution is 0.507. The lowest BCUT2D eigenvalue weighted by atomic mass is 10.1. The Labute approximate surface area is 114 Å². The zero-order chi connectivity index (χ0) is 11.4. The van der Waals surface area contributed by atoms with Crippen molar-refractivity contribution in [3.8, 4) is 0 Å². The average Bonchev–Trinajstić information content (AvgIpc) is 2.32. The van der Waals surface area contributed by atoms with Crippen molar-refractivity contribution in [2.45, 2.75) is 25.4 Å². The molecule has 1 N–H and O–H groups in total. The van der Waals surface area contributed by atoms with Gasteiger partial charge in [-0.3, -0.25) is 0 Å². The molecule has 0 spiro atoms. The second-order valence-electron chi connectivity index (χ2n) is 4.04. The van der Waals surface area contributed by atoms with Crippen molar-refractivity contribution in [2.75, 3.05) is 11.5 Å². The summed E-state index contributed by atoms with van der Waals surface area (Å²) in [6.07, 6.45) is 2.65. The third-order valence-corrected chi connectivity index (χ3v) is 5.17. The maximum Gasteiger partial charge on any atom is 0.0548 e. The van der Waals surface area contributed by atoms with E-state index in [1.165, 1.54) is 29.9 Å². The average molecular weight is 321 g/mol. The second kappa shape index (κ2) is 6.29. The molecule has 1 saturated heterocycles. The van der Waals surface area contributed by atoms with Gasteiger partial charge in [-0.15, -0.1) is 0 Å². The molecule has 1 heterocycles. The van der Waals surface area contributed by atoms with E-state index in [1.54, 1.807) is 0 Å². The number of halogens is 2. The molecule has 2 rings (SSSR count). The summed E-state index contributed by atoms with van der Waals surface area (Å²) in [5.74, 6) is 2.57. The van der Waals surface area contributed by atoms with Crippen LogP contribution in [0.5, 0.6) is 0 Å². The van der Waals surface area contributed by atoms with E-state index in [9.17, 15) is 0 Å². The quantitative estimate of drug-likeness (QED) is 0.900. The fourth-order valence-corrected chi connectivity index (χ4v) is 3.46. The number of hydrogen-bond acceptors (Lipinski definition) is 2. The van der Waals surface area contributed by atoms with E-state index in [0.717, 1.165) is 16.0 Å². The van der Waals surface area contributed by atoms with Crippen molar-refractivity contribution >= 4 is 39.3 Å². The Bertz CT molecular complexity index is 353. The van der Waals surface area contributed by atoms with Gasteiger partial charge < -0.3 is 5.32 Å². The highest BCUT2D eigenvalue weighted by Gasteiger charge is 2.12. The van der Waals surface area contributed by atoms with Crippen molar-refractivity contribution in [3.63, 3.8) is 0 Å². The number of hydrogen-bond donors (Lipinski definition) is 1. The SMILES string of the molecule is Clc1ccc(CNC2CCCSC2)cc1Br. The molecule has 1 nitrogen and oxygen atoms in total. The summed E-state index contributed by atoms with van der Waals surface area (Å²) < 4.78 is 0.978. The van der Waals surface area contributed by atoms with E-state index < -0.39 is 0 Å². The molecule has 0 amide bonds. The Kier molecular flexibility index (Phi) is 5.01. The van der Waals surface area contributed by atoms with Gasteiger partial charge in [0, 0.05) is 22.8 Å². The zero-order valence-electron chi connectivity index (χ0n) is 9.01. The maximum absolute atomic E-state index is 5.96. The highest BCUT2D eigenvalue weighted by Crippen LogP contribution is 2.23. The summed E-state index contributed by atoms with van der Waals surface area (Å²) in [5, 5.41) is 4.37. The van der Waals surface area contributed by atoms with Crippen LogP contribution in [0.25, 0.3) is 0 Å².